The number of rotatable bonds is 8. The Hall–Kier alpha value is -2.99. The Morgan fingerprint density at radius 2 is 1.93 bits per heavy atom. The molecule has 0 aliphatic carbocycles. The molecule has 7 heteroatoms. The molecule has 1 N–H and O–H groups in total. The molecule has 0 heterocycles. The Kier molecular flexibility index (Phi) is 7.89. The monoisotopic (exact) mass is 403 g/mol. The molecule has 0 saturated carbocycles. The summed E-state index contributed by atoms with van der Waals surface area (Å²) in [5.74, 6) is 0.157. The number of methoxy groups -OCH3 is 2. The average Bonchev–Trinajstić information content (AvgIpc) is 2.70. The van der Waals surface area contributed by atoms with Crippen molar-refractivity contribution in [2.45, 2.75) is 13.0 Å². The highest BCUT2D eigenvalue weighted by Crippen LogP contribution is 2.25. The van der Waals surface area contributed by atoms with Gasteiger partial charge in [0.05, 0.1) is 20.3 Å². The first-order chi connectivity index (χ1) is 13.4. The number of carbonyl (C=O) groups excluding carboxylic acids is 2. The van der Waals surface area contributed by atoms with Gasteiger partial charge in [0.1, 0.15) is 11.5 Å². The molecule has 2 rings (SSSR count). The molecule has 2 aromatic rings. The van der Waals surface area contributed by atoms with Gasteiger partial charge in [0.25, 0.3) is 5.91 Å². The quantitative estimate of drug-likeness (QED) is 0.536. The summed E-state index contributed by atoms with van der Waals surface area (Å²) in [6, 6.07) is 12.1. The zero-order chi connectivity index (χ0) is 20.5. The van der Waals surface area contributed by atoms with Gasteiger partial charge in [-0.2, -0.15) is 0 Å². The molecule has 6 nitrogen and oxygen atoms in total. The molecule has 0 unspecified atom stereocenters. The van der Waals surface area contributed by atoms with Crippen molar-refractivity contribution < 1.29 is 23.8 Å². The molecule has 1 amide bonds. The molecular formula is C21H22ClNO5. The summed E-state index contributed by atoms with van der Waals surface area (Å²) < 4.78 is 15.4. The SMILES string of the molecule is COc1ccc(OC)c(/C=C/C(=O)OCC(=O)N[C@H](C)c2cccc(Cl)c2)c1. The highest BCUT2D eigenvalue weighted by molar-refractivity contribution is 6.30. The standard InChI is InChI=1S/C21H22ClNO5/c1-14(15-5-4-6-17(22)11-15)23-20(24)13-28-21(25)10-7-16-12-18(26-2)8-9-19(16)27-3/h4-12,14H,13H2,1-3H3,(H,23,24)/b10-7+/t14-/m1/s1. The minimum absolute atomic E-state index is 0.263. The normalized spacial score (nSPS) is 11.7. The fraction of sp³-hybridized carbons (Fsp3) is 0.238. The number of amides is 1. The largest absolute Gasteiger partial charge is 0.497 e. The van der Waals surface area contributed by atoms with E-state index in [0.717, 1.165) is 5.56 Å². The first-order valence-electron chi connectivity index (χ1n) is 8.54. The van der Waals surface area contributed by atoms with E-state index in [-0.39, 0.29) is 12.6 Å². The van der Waals surface area contributed by atoms with Crippen LogP contribution in [0.25, 0.3) is 6.08 Å². The van der Waals surface area contributed by atoms with E-state index in [1.807, 2.05) is 13.0 Å². The smallest absolute Gasteiger partial charge is 0.331 e. The van der Waals surface area contributed by atoms with Crippen molar-refractivity contribution in [3.8, 4) is 11.5 Å². The molecule has 0 aromatic heterocycles. The van der Waals surface area contributed by atoms with Crippen LogP contribution in [0.3, 0.4) is 0 Å². The van der Waals surface area contributed by atoms with Crippen LogP contribution >= 0.6 is 11.6 Å². The van der Waals surface area contributed by atoms with Crippen molar-refractivity contribution >= 4 is 29.6 Å². The number of halogens is 1. The van der Waals surface area contributed by atoms with Crippen LogP contribution in [0.2, 0.25) is 5.02 Å². The Balaban J connectivity index is 1.88. The maximum Gasteiger partial charge on any atom is 0.331 e. The molecule has 0 radical (unpaired) electrons. The van der Waals surface area contributed by atoms with E-state index in [1.165, 1.54) is 19.3 Å². The van der Waals surface area contributed by atoms with Crippen molar-refractivity contribution in [1.29, 1.82) is 0 Å². The lowest BCUT2D eigenvalue weighted by Gasteiger charge is -2.14. The minimum Gasteiger partial charge on any atom is -0.497 e. The van der Waals surface area contributed by atoms with Gasteiger partial charge in [0.15, 0.2) is 6.61 Å². The number of nitrogens with one attached hydrogen (secondary N) is 1. The molecule has 0 spiro atoms. The lowest BCUT2D eigenvalue weighted by molar-refractivity contribution is -0.144. The second kappa shape index (κ2) is 10.4. The topological polar surface area (TPSA) is 73.9 Å². The summed E-state index contributed by atoms with van der Waals surface area (Å²) in [6.45, 7) is 1.43. The van der Waals surface area contributed by atoms with E-state index in [1.54, 1.807) is 43.5 Å². The van der Waals surface area contributed by atoms with Gasteiger partial charge in [-0.15, -0.1) is 0 Å². The van der Waals surface area contributed by atoms with E-state index < -0.39 is 11.9 Å². The minimum atomic E-state index is -0.643. The van der Waals surface area contributed by atoms with Crippen molar-refractivity contribution in [2.75, 3.05) is 20.8 Å². The first kappa shape index (κ1) is 21.3. The summed E-state index contributed by atoms with van der Waals surface area (Å²) in [4.78, 5) is 23.9. The number of benzene rings is 2. The maximum absolute atomic E-state index is 12.0. The van der Waals surface area contributed by atoms with Crippen LogP contribution in [0.15, 0.2) is 48.5 Å². The predicted octanol–water partition coefficient (Wildman–Crippen LogP) is 3.79. The van der Waals surface area contributed by atoms with Gasteiger partial charge in [-0.3, -0.25) is 4.79 Å². The second-order valence-corrected chi connectivity index (χ2v) is 6.33. The van der Waals surface area contributed by atoms with E-state index in [4.69, 9.17) is 25.8 Å². The van der Waals surface area contributed by atoms with Gasteiger partial charge < -0.3 is 19.5 Å². The molecule has 2 aromatic carbocycles. The molecule has 0 saturated heterocycles. The Morgan fingerprint density at radius 3 is 2.61 bits per heavy atom. The third-order valence-corrected chi connectivity index (χ3v) is 4.14. The molecular weight excluding hydrogens is 382 g/mol. The maximum atomic E-state index is 12.0. The van der Waals surface area contributed by atoms with Crippen LogP contribution in [0.5, 0.6) is 11.5 Å². The number of esters is 1. The summed E-state index contributed by atoms with van der Waals surface area (Å²) in [5, 5.41) is 3.34. The van der Waals surface area contributed by atoms with Crippen molar-refractivity contribution in [3.63, 3.8) is 0 Å². The summed E-state index contributed by atoms with van der Waals surface area (Å²) in [6.07, 6.45) is 2.77. The van der Waals surface area contributed by atoms with E-state index >= 15 is 0 Å². The summed E-state index contributed by atoms with van der Waals surface area (Å²) in [5.41, 5.74) is 1.51. The van der Waals surface area contributed by atoms with Crippen molar-refractivity contribution in [1.82, 2.24) is 5.32 Å². The van der Waals surface area contributed by atoms with Gasteiger partial charge in [-0.25, -0.2) is 4.79 Å². The van der Waals surface area contributed by atoms with Gasteiger partial charge in [-0.1, -0.05) is 23.7 Å². The zero-order valence-electron chi connectivity index (χ0n) is 15.9. The Labute approximate surface area is 169 Å². The van der Waals surface area contributed by atoms with E-state index in [9.17, 15) is 9.59 Å². The molecule has 0 bridgehead atoms. The third kappa shape index (κ3) is 6.32. The zero-order valence-corrected chi connectivity index (χ0v) is 16.7. The van der Waals surface area contributed by atoms with E-state index in [0.29, 0.717) is 22.1 Å². The van der Waals surface area contributed by atoms with Gasteiger partial charge >= 0.3 is 5.97 Å². The highest BCUT2D eigenvalue weighted by atomic mass is 35.5. The van der Waals surface area contributed by atoms with Crippen LogP contribution in [0, 0.1) is 0 Å². The van der Waals surface area contributed by atoms with E-state index in [2.05, 4.69) is 5.32 Å². The highest BCUT2D eigenvalue weighted by Gasteiger charge is 2.11. The first-order valence-corrected chi connectivity index (χ1v) is 8.92. The number of ether oxygens (including phenoxy) is 3. The molecule has 0 fully saturated rings. The van der Waals surface area contributed by atoms with Crippen LogP contribution in [0.1, 0.15) is 24.1 Å². The second-order valence-electron chi connectivity index (χ2n) is 5.89. The van der Waals surface area contributed by atoms with Crippen molar-refractivity contribution in [3.05, 3.63) is 64.7 Å². The van der Waals surface area contributed by atoms with Gasteiger partial charge in [-0.05, 0) is 48.9 Å². The lowest BCUT2D eigenvalue weighted by atomic mass is 10.1. The number of hydrogen-bond acceptors (Lipinski definition) is 5. The van der Waals surface area contributed by atoms with Crippen LogP contribution in [-0.4, -0.2) is 32.7 Å². The van der Waals surface area contributed by atoms with Gasteiger partial charge in [0, 0.05) is 16.7 Å². The predicted molar refractivity (Wildman–Crippen MR) is 108 cm³/mol. The average molecular weight is 404 g/mol. The van der Waals surface area contributed by atoms with Crippen LogP contribution < -0.4 is 14.8 Å². The summed E-state index contributed by atoms with van der Waals surface area (Å²) in [7, 11) is 3.08. The molecule has 28 heavy (non-hydrogen) atoms. The van der Waals surface area contributed by atoms with Crippen molar-refractivity contribution in [2.24, 2.45) is 0 Å². The fourth-order valence-corrected chi connectivity index (χ4v) is 2.65. The molecule has 0 aliphatic heterocycles. The molecule has 1 atom stereocenters. The summed E-state index contributed by atoms with van der Waals surface area (Å²) >= 11 is 5.95. The fourth-order valence-electron chi connectivity index (χ4n) is 2.45. The lowest BCUT2D eigenvalue weighted by Crippen LogP contribution is -2.30. The Bertz CT molecular complexity index is 866. The number of carbonyl (C=O) groups is 2. The van der Waals surface area contributed by atoms with Crippen LogP contribution in [-0.2, 0) is 14.3 Å². The molecule has 0 aliphatic rings. The number of hydrogen-bond donors (Lipinski definition) is 1. The third-order valence-electron chi connectivity index (χ3n) is 3.91. The van der Waals surface area contributed by atoms with Gasteiger partial charge in [0.2, 0.25) is 0 Å². The van der Waals surface area contributed by atoms with Crippen LogP contribution in [0.4, 0.5) is 0 Å². The molecule has 148 valence electrons. The Morgan fingerprint density at radius 1 is 1.14 bits per heavy atom.